The monoisotopic (exact) mass is 318 g/mol. The number of rotatable bonds is 3. The summed E-state index contributed by atoms with van der Waals surface area (Å²) in [6.45, 7) is 2.07. The zero-order valence-electron chi connectivity index (χ0n) is 12.5. The van der Waals surface area contributed by atoms with E-state index in [4.69, 9.17) is 4.98 Å². The first-order chi connectivity index (χ1) is 11.3. The zero-order valence-corrected chi connectivity index (χ0v) is 13.3. The molecule has 4 rings (SSSR count). The second-order valence-corrected chi connectivity index (χ2v) is 6.23. The molecule has 5 heteroatoms. The lowest BCUT2D eigenvalue weighted by molar-refractivity contribution is 1.21. The maximum atomic E-state index is 4.73. The molecule has 0 unspecified atom stereocenters. The Morgan fingerprint density at radius 3 is 2.48 bits per heavy atom. The van der Waals surface area contributed by atoms with Crippen LogP contribution in [0, 0.1) is 6.92 Å². The number of thiazole rings is 1. The Bertz CT molecular complexity index is 946. The van der Waals surface area contributed by atoms with Gasteiger partial charge in [-0.25, -0.2) is 15.0 Å². The van der Waals surface area contributed by atoms with Gasteiger partial charge in [-0.3, -0.25) is 0 Å². The van der Waals surface area contributed by atoms with Crippen molar-refractivity contribution >= 4 is 33.2 Å². The quantitative estimate of drug-likeness (QED) is 0.589. The van der Waals surface area contributed by atoms with Crippen LogP contribution in [0.3, 0.4) is 0 Å². The van der Waals surface area contributed by atoms with E-state index in [9.17, 15) is 0 Å². The second-order valence-electron chi connectivity index (χ2n) is 5.25. The van der Waals surface area contributed by atoms with Gasteiger partial charge in [0.2, 0.25) is 0 Å². The summed E-state index contributed by atoms with van der Waals surface area (Å²) in [5, 5.41) is 4.28. The van der Waals surface area contributed by atoms with Gasteiger partial charge in [-0.1, -0.05) is 59.4 Å². The van der Waals surface area contributed by atoms with E-state index in [1.807, 2.05) is 30.3 Å². The van der Waals surface area contributed by atoms with Gasteiger partial charge in [0.05, 0.1) is 0 Å². The number of hydrogen-bond donors (Lipinski definition) is 1. The smallest absolute Gasteiger partial charge is 0.161 e. The standard InChI is InChI=1S/C18H14N4S/c1-12-7-9-14(10-8-12)21-16-15-18(20-11-19-16)23-17(22-15)13-5-3-2-4-6-13/h2-11H,1H3,(H,19,20,21). The maximum absolute atomic E-state index is 4.73. The van der Waals surface area contributed by atoms with Gasteiger partial charge in [0.1, 0.15) is 21.7 Å². The molecule has 0 saturated heterocycles. The van der Waals surface area contributed by atoms with Gasteiger partial charge in [-0.15, -0.1) is 0 Å². The molecule has 0 fully saturated rings. The topological polar surface area (TPSA) is 50.7 Å². The fraction of sp³-hybridized carbons (Fsp3) is 0.0556. The van der Waals surface area contributed by atoms with Crippen molar-refractivity contribution in [3.63, 3.8) is 0 Å². The number of hydrogen-bond acceptors (Lipinski definition) is 5. The molecule has 0 aliphatic heterocycles. The van der Waals surface area contributed by atoms with Crippen LogP contribution in [0.2, 0.25) is 0 Å². The number of nitrogens with zero attached hydrogens (tertiary/aromatic N) is 3. The Kier molecular flexibility index (Phi) is 3.48. The van der Waals surface area contributed by atoms with Crippen molar-refractivity contribution in [1.82, 2.24) is 15.0 Å². The first kappa shape index (κ1) is 13.8. The Hall–Kier alpha value is -2.79. The SMILES string of the molecule is Cc1ccc(Nc2ncnc3sc(-c4ccccc4)nc23)cc1. The Balaban J connectivity index is 1.75. The van der Waals surface area contributed by atoms with Crippen LogP contribution in [0.1, 0.15) is 5.56 Å². The lowest BCUT2D eigenvalue weighted by atomic mass is 10.2. The minimum Gasteiger partial charge on any atom is -0.338 e. The molecule has 23 heavy (non-hydrogen) atoms. The molecular weight excluding hydrogens is 304 g/mol. The summed E-state index contributed by atoms with van der Waals surface area (Å²) in [6, 6.07) is 18.3. The number of benzene rings is 2. The van der Waals surface area contributed by atoms with Crippen LogP contribution in [0.4, 0.5) is 11.5 Å². The van der Waals surface area contributed by atoms with Crippen LogP contribution in [-0.2, 0) is 0 Å². The largest absolute Gasteiger partial charge is 0.338 e. The molecule has 2 aromatic heterocycles. The molecule has 0 aliphatic rings. The predicted octanol–water partition coefficient (Wildman–Crippen LogP) is 4.81. The molecule has 1 N–H and O–H groups in total. The average molecular weight is 318 g/mol. The molecule has 112 valence electrons. The number of nitrogens with one attached hydrogen (secondary N) is 1. The van der Waals surface area contributed by atoms with E-state index in [0.29, 0.717) is 0 Å². The molecular formula is C18H14N4S. The molecule has 4 aromatic rings. The Morgan fingerprint density at radius 2 is 1.70 bits per heavy atom. The van der Waals surface area contributed by atoms with Crippen molar-refractivity contribution in [3.05, 3.63) is 66.5 Å². The van der Waals surface area contributed by atoms with Gasteiger partial charge in [0.15, 0.2) is 5.82 Å². The van der Waals surface area contributed by atoms with Gasteiger partial charge >= 0.3 is 0 Å². The molecule has 2 aromatic carbocycles. The molecule has 2 heterocycles. The fourth-order valence-corrected chi connectivity index (χ4v) is 3.24. The van der Waals surface area contributed by atoms with Crippen LogP contribution in [0.15, 0.2) is 60.9 Å². The lowest BCUT2D eigenvalue weighted by Crippen LogP contribution is -1.95. The van der Waals surface area contributed by atoms with Crippen molar-refractivity contribution in [2.75, 3.05) is 5.32 Å². The normalized spacial score (nSPS) is 10.8. The molecule has 0 aliphatic carbocycles. The maximum Gasteiger partial charge on any atom is 0.161 e. The second kappa shape index (κ2) is 5.78. The van der Waals surface area contributed by atoms with E-state index in [0.717, 1.165) is 32.4 Å². The third kappa shape index (κ3) is 2.78. The third-order valence-corrected chi connectivity index (χ3v) is 4.54. The number of aryl methyl sites for hydroxylation is 1. The molecule has 0 radical (unpaired) electrons. The molecule has 0 amide bonds. The highest BCUT2D eigenvalue weighted by Gasteiger charge is 2.12. The summed E-state index contributed by atoms with van der Waals surface area (Å²) in [7, 11) is 0. The van der Waals surface area contributed by atoms with Crippen LogP contribution < -0.4 is 5.32 Å². The minimum atomic E-state index is 0.734. The summed E-state index contributed by atoms with van der Waals surface area (Å²) >= 11 is 1.58. The van der Waals surface area contributed by atoms with E-state index in [1.54, 1.807) is 17.7 Å². The molecule has 4 nitrogen and oxygen atoms in total. The number of anilines is 2. The van der Waals surface area contributed by atoms with Crippen molar-refractivity contribution in [1.29, 1.82) is 0 Å². The zero-order chi connectivity index (χ0) is 15.6. The number of aromatic nitrogens is 3. The van der Waals surface area contributed by atoms with Gasteiger partial charge < -0.3 is 5.32 Å². The average Bonchev–Trinajstić information content (AvgIpc) is 3.03. The lowest BCUT2D eigenvalue weighted by Gasteiger charge is -2.05. The molecule has 0 saturated carbocycles. The van der Waals surface area contributed by atoms with E-state index < -0.39 is 0 Å². The summed E-state index contributed by atoms with van der Waals surface area (Å²) in [5.41, 5.74) is 4.11. The van der Waals surface area contributed by atoms with Gasteiger partial charge in [-0.05, 0) is 19.1 Å². The van der Waals surface area contributed by atoms with Crippen molar-refractivity contribution in [2.45, 2.75) is 6.92 Å². The summed E-state index contributed by atoms with van der Waals surface area (Å²) < 4.78 is 0. The molecule has 0 spiro atoms. The van der Waals surface area contributed by atoms with E-state index in [-0.39, 0.29) is 0 Å². The van der Waals surface area contributed by atoms with Gasteiger partial charge in [0.25, 0.3) is 0 Å². The first-order valence-corrected chi connectivity index (χ1v) is 8.12. The highest BCUT2D eigenvalue weighted by atomic mass is 32.1. The number of fused-ring (bicyclic) bond motifs is 1. The van der Waals surface area contributed by atoms with Gasteiger partial charge in [0, 0.05) is 11.3 Å². The van der Waals surface area contributed by atoms with Crippen LogP contribution in [0.5, 0.6) is 0 Å². The van der Waals surface area contributed by atoms with E-state index in [1.165, 1.54) is 5.56 Å². The summed E-state index contributed by atoms with van der Waals surface area (Å²) in [5.74, 6) is 0.734. The highest BCUT2D eigenvalue weighted by Crippen LogP contribution is 2.32. The minimum absolute atomic E-state index is 0.734. The third-order valence-electron chi connectivity index (χ3n) is 3.53. The van der Waals surface area contributed by atoms with E-state index in [2.05, 4.69) is 46.5 Å². The van der Waals surface area contributed by atoms with Crippen molar-refractivity contribution in [2.24, 2.45) is 0 Å². The van der Waals surface area contributed by atoms with E-state index >= 15 is 0 Å². The van der Waals surface area contributed by atoms with Gasteiger partial charge in [-0.2, -0.15) is 0 Å². The highest BCUT2D eigenvalue weighted by molar-refractivity contribution is 7.21. The Labute approximate surface area is 137 Å². The van der Waals surface area contributed by atoms with Crippen LogP contribution in [0.25, 0.3) is 20.9 Å². The first-order valence-electron chi connectivity index (χ1n) is 7.30. The predicted molar refractivity (Wildman–Crippen MR) is 95.1 cm³/mol. The summed E-state index contributed by atoms with van der Waals surface area (Å²) in [4.78, 5) is 14.3. The van der Waals surface area contributed by atoms with Crippen molar-refractivity contribution in [3.8, 4) is 10.6 Å². The van der Waals surface area contributed by atoms with Crippen molar-refractivity contribution < 1.29 is 0 Å². The fourth-order valence-electron chi connectivity index (χ4n) is 2.32. The molecule has 0 bridgehead atoms. The Morgan fingerprint density at radius 1 is 0.913 bits per heavy atom. The summed E-state index contributed by atoms with van der Waals surface area (Å²) in [6.07, 6.45) is 1.58. The molecule has 0 atom stereocenters. The van der Waals surface area contributed by atoms with Crippen LogP contribution >= 0.6 is 11.3 Å². The van der Waals surface area contributed by atoms with Crippen LogP contribution in [-0.4, -0.2) is 15.0 Å².